The number of ether oxygens (including phenoxy) is 3. The number of methoxy groups -OCH3 is 2. The SMILES string of the molecule is COc1cccc(OC)c1-n1c(COC(C)C)nc(=O)c(C(=O)N2CC[C@H](c3ccccc3)C2)c1O. The van der Waals surface area contributed by atoms with Gasteiger partial charge in [-0.3, -0.25) is 14.2 Å². The van der Waals surface area contributed by atoms with Crippen LogP contribution in [0, 0.1) is 0 Å². The first-order valence-electron chi connectivity index (χ1n) is 11.9. The Morgan fingerprint density at radius 3 is 2.36 bits per heavy atom. The molecule has 0 unspecified atom stereocenters. The lowest BCUT2D eigenvalue weighted by Crippen LogP contribution is -2.35. The van der Waals surface area contributed by atoms with Crippen LogP contribution in [0.4, 0.5) is 0 Å². The molecule has 1 aliphatic heterocycles. The molecule has 1 saturated heterocycles. The zero-order chi connectivity index (χ0) is 25.8. The lowest BCUT2D eigenvalue weighted by Gasteiger charge is -2.23. The van der Waals surface area contributed by atoms with E-state index in [9.17, 15) is 14.7 Å². The normalized spacial score (nSPS) is 15.4. The van der Waals surface area contributed by atoms with Gasteiger partial charge in [-0.25, -0.2) is 0 Å². The van der Waals surface area contributed by atoms with Gasteiger partial charge in [0.2, 0.25) is 5.88 Å². The third-order valence-electron chi connectivity index (χ3n) is 6.27. The second-order valence-electron chi connectivity index (χ2n) is 8.89. The van der Waals surface area contributed by atoms with E-state index in [1.54, 1.807) is 23.1 Å². The Labute approximate surface area is 209 Å². The monoisotopic (exact) mass is 493 g/mol. The smallest absolute Gasteiger partial charge is 0.289 e. The third-order valence-corrected chi connectivity index (χ3v) is 6.27. The average Bonchev–Trinajstić information content (AvgIpc) is 3.38. The highest BCUT2D eigenvalue weighted by molar-refractivity contribution is 5.96. The van der Waals surface area contributed by atoms with E-state index in [0.717, 1.165) is 12.0 Å². The van der Waals surface area contributed by atoms with E-state index in [-0.39, 0.29) is 24.5 Å². The lowest BCUT2D eigenvalue weighted by atomic mass is 9.99. The van der Waals surface area contributed by atoms with Crippen LogP contribution in [0.25, 0.3) is 5.69 Å². The molecule has 36 heavy (non-hydrogen) atoms. The van der Waals surface area contributed by atoms with Crippen molar-refractivity contribution in [1.29, 1.82) is 0 Å². The number of benzene rings is 2. The van der Waals surface area contributed by atoms with Crippen molar-refractivity contribution < 1.29 is 24.1 Å². The van der Waals surface area contributed by atoms with Crippen molar-refractivity contribution in [1.82, 2.24) is 14.5 Å². The molecule has 2 heterocycles. The molecule has 0 aliphatic carbocycles. The van der Waals surface area contributed by atoms with Crippen molar-refractivity contribution in [3.63, 3.8) is 0 Å². The van der Waals surface area contributed by atoms with Crippen molar-refractivity contribution in [2.45, 2.75) is 38.9 Å². The molecule has 1 aliphatic rings. The maximum atomic E-state index is 13.6. The van der Waals surface area contributed by atoms with E-state index < -0.39 is 22.9 Å². The van der Waals surface area contributed by atoms with Crippen LogP contribution in [0.15, 0.2) is 53.3 Å². The van der Waals surface area contributed by atoms with Crippen LogP contribution in [-0.2, 0) is 11.3 Å². The zero-order valence-corrected chi connectivity index (χ0v) is 20.9. The van der Waals surface area contributed by atoms with Crippen LogP contribution in [0.1, 0.15) is 47.9 Å². The summed E-state index contributed by atoms with van der Waals surface area (Å²) < 4.78 is 18.0. The van der Waals surface area contributed by atoms with E-state index in [1.165, 1.54) is 18.8 Å². The van der Waals surface area contributed by atoms with Gasteiger partial charge in [0.1, 0.15) is 29.6 Å². The Morgan fingerprint density at radius 2 is 1.75 bits per heavy atom. The minimum absolute atomic E-state index is 0.0735. The minimum Gasteiger partial charge on any atom is -0.494 e. The number of hydrogen-bond acceptors (Lipinski definition) is 7. The number of carbonyl (C=O) groups is 1. The van der Waals surface area contributed by atoms with Gasteiger partial charge in [0.25, 0.3) is 11.5 Å². The van der Waals surface area contributed by atoms with Gasteiger partial charge in [-0.15, -0.1) is 0 Å². The summed E-state index contributed by atoms with van der Waals surface area (Å²) in [5.41, 5.74) is 0.234. The number of rotatable bonds is 8. The second-order valence-corrected chi connectivity index (χ2v) is 8.89. The van der Waals surface area contributed by atoms with Crippen molar-refractivity contribution in [3.8, 4) is 23.1 Å². The molecule has 9 heteroatoms. The molecule has 1 atom stereocenters. The first kappa shape index (κ1) is 25.2. The highest BCUT2D eigenvalue weighted by atomic mass is 16.5. The fraction of sp³-hybridized carbons (Fsp3) is 0.370. The Bertz CT molecular complexity index is 1270. The number of likely N-dealkylation sites (tertiary alicyclic amines) is 1. The maximum absolute atomic E-state index is 13.6. The predicted octanol–water partition coefficient (Wildman–Crippen LogP) is 3.51. The summed E-state index contributed by atoms with van der Waals surface area (Å²) in [7, 11) is 2.96. The van der Waals surface area contributed by atoms with Gasteiger partial charge in [0.05, 0.1) is 20.3 Å². The topological polar surface area (TPSA) is 103 Å². The van der Waals surface area contributed by atoms with Crippen LogP contribution in [0.5, 0.6) is 17.4 Å². The molecular formula is C27H31N3O6. The highest BCUT2D eigenvalue weighted by Crippen LogP contribution is 2.37. The van der Waals surface area contributed by atoms with Crippen molar-refractivity contribution in [2.75, 3.05) is 27.3 Å². The highest BCUT2D eigenvalue weighted by Gasteiger charge is 2.33. The van der Waals surface area contributed by atoms with E-state index in [1.807, 2.05) is 44.2 Å². The van der Waals surface area contributed by atoms with Gasteiger partial charge in [0.15, 0.2) is 5.56 Å². The fourth-order valence-corrected chi connectivity index (χ4v) is 4.47. The van der Waals surface area contributed by atoms with Gasteiger partial charge in [0, 0.05) is 19.0 Å². The van der Waals surface area contributed by atoms with Gasteiger partial charge < -0.3 is 24.2 Å². The molecule has 190 valence electrons. The third kappa shape index (κ3) is 4.92. The van der Waals surface area contributed by atoms with Gasteiger partial charge in [-0.1, -0.05) is 36.4 Å². The summed E-state index contributed by atoms with van der Waals surface area (Å²) in [5, 5.41) is 11.4. The Hall–Kier alpha value is -3.85. The summed E-state index contributed by atoms with van der Waals surface area (Å²) in [5.74, 6) is -0.0976. The second kappa shape index (κ2) is 10.8. The molecule has 0 spiro atoms. The number of aromatic nitrogens is 2. The van der Waals surface area contributed by atoms with E-state index in [2.05, 4.69) is 4.98 Å². The standard InChI is InChI=1S/C27H31N3O6/c1-17(2)36-16-22-28-25(31)23(26(32)29-14-13-19(15-29)18-9-6-5-7-10-18)27(33)30(22)24-20(34-3)11-8-12-21(24)35-4/h5-12,17,19,33H,13-16H2,1-4H3/t19-/m0/s1. The van der Waals surface area contributed by atoms with Crippen LogP contribution in [0.2, 0.25) is 0 Å². The first-order valence-corrected chi connectivity index (χ1v) is 11.9. The van der Waals surface area contributed by atoms with Crippen molar-refractivity contribution in [2.24, 2.45) is 0 Å². The molecule has 0 bridgehead atoms. The molecule has 4 rings (SSSR count). The van der Waals surface area contributed by atoms with Gasteiger partial charge in [-0.05, 0) is 38.0 Å². The number of hydrogen-bond donors (Lipinski definition) is 1. The number of aromatic hydroxyl groups is 1. The molecule has 9 nitrogen and oxygen atoms in total. The largest absolute Gasteiger partial charge is 0.494 e. The molecular weight excluding hydrogens is 462 g/mol. The molecule has 1 N–H and O–H groups in total. The average molecular weight is 494 g/mol. The van der Waals surface area contributed by atoms with Crippen LogP contribution >= 0.6 is 0 Å². The van der Waals surface area contributed by atoms with E-state index in [0.29, 0.717) is 30.3 Å². The molecule has 1 fully saturated rings. The summed E-state index contributed by atoms with van der Waals surface area (Å²) in [6.07, 6.45) is 0.608. The molecule has 2 aromatic carbocycles. The maximum Gasteiger partial charge on any atom is 0.289 e. The van der Waals surface area contributed by atoms with Crippen molar-refractivity contribution >= 4 is 5.91 Å². The lowest BCUT2D eigenvalue weighted by molar-refractivity contribution is 0.0590. The Kier molecular flexibility index (Phi) is 7.59. The summed E-state index contributed by atoms with van der Waals surface area (Å²) in [6.45, 7) is 4.53. The molecule has 0 saturated carbocycles. The number of para-hydroxylation sites is 1. The Morgan fingerprint density at radius 1 is 1.08 bits per heavy atom. The molecule has 1 amide bonds. The zero-order valence-electron chi connectivity index (χ0n) is 20.9. The van der Waals surface area contributed by atoms with Gasteiger partial charge >= 0.3 is 0 Å². The van der Waals surface area contributed by atoms with E-state index in [4.69, 9.17) is 14.2 Å². The number of amides is 1. The minimum atomic E-state index is -0.812. The fourth-order valence-electron chi connectivity index (χ4n) is 4.47. The molecule has 3 aromatic rings. The summed E-state index contributed by atoms with van der Waals surface area (Å²) in [4.78, 5) is 32.4. The summed E-state index contributed by atoms with van der Waals surface area (Å²) >= 11 is 0. The molecule has 0 radical (unpaired) electrons. The number of nitrogens with zero attached hydrogens (tertiary/aromatic N) is 3. The Balaban J connectivity index is 1.81. The first-order chi connectivity index (χ1) is 17.3. The van der Waals surface area contributed by atoms with Crippen molar-refractivity contribution in [3.05, 3.63) is 75.8 Å². The predicted molar refractivity (Wildman–Crippen MR) is 134 cm³/mol. The van der Waals surface area contributed by atoms with E-state index >= 15 is 0 Å². The number of carbonyl (C=O) groups excluding carboxylic acids is 1. The summed E-state index contributed by atoms with van der Waals surface area (Å²) in [6, 6.07) is 15.1. The quantitative estimate of drug-likeness (QED) is 0.512. The van der Waals surface area contributed by atoms with Crippen LogP contribution < -0.4 is 15.0 Å². The van der Waals surface area contributed by atoms with Crippen LogP contribution in [0.3, 0.4) is 0 Å². The van der Waals surface area contributed by atoms with Crippen LogP contribution in [-0.4, -0.2) is 58.9 Å². The van der Waals surface area contributed by atoms with Gasteiger partial charge in [-0.2, -0.15) is 4.98 Å². The molecule has 1 aromatic heterocycles.